The molecule has 0 aliphatic carbocycles. The molecule has 0 aliphatic heterocycles. The molecule has 11 N–H and O–H groups in total. The van der Waals surface area contributed by atoms with Crippen molar-refractivity contribution >= 4 is 29.6 Å². The fourth-order valence-corrected chi connectivity index (χ4v) is 3.21. The molecule has 0 spiro atoms. The molecule has 2 rings (SSSR count). The summed E-state index contributed by atoms with van der Waals surface area (Å²) in [6.07, 6.45) is 1.77. The van der Waals surface area contributed by atoms with Gasteiger partial charge < -0.3 is 47.7 Å². The third-order valence-electron chi connectivity index (χ3n) is 5.17. The zero-order valence-electron chi connectivity index (χ0n) is 19.6. The summed E-state index contributed by atoms with van der Waals surface area (Å²) in [5.74, 6) is -5.13. The summed E-state index contributed by atoms with van der Waals surface area (Å²) in [5, 5.41) is 35.0. The molecule has 0 saturated heterocycles. The second-order valence-electron chi connectivity index (χ2n) is 8.13. The van der Waals surface area contributed by atoms with Crippen LogP contribution in [0.1, 0.15) is 17.7 Å². The minimum atomic E-state index is -1.57. The molecule has 4 amide bonds. The summed E-state index contributed by atoms with van der Waals surface area (Å²) < 4.78 is 0. The number of hydrogen-bond acceptors (Lipinski definition) is 9. The molecule has 37 heavy (non-hydrogen) atoms. The smallest absolute Gasteiger partial charge is 0.326 e. The summed E-state index contributed by atoms with van der Waals surface area (Å²) in [4.78, 5) is 67.9. The molecule has 2 aromatic rings. The molecule has 15 heteroatoms. The van der Waals surface area contributed by atoms with E-state index in [1.807, 2.05) is 0 Å². The molecule has 0 fully saturated rings. The Bertz CT molecular complexity index is 1090. The van der Waals surface area contributed by atoms with Crippen LogP contribution in [0.2, 0.25) is 0 Å². The van der Waals surface area contributed by atoms with E-state index in [-0.39, 0.29) is 18.6 Å². The number of aromatic nitrogens is 2. The Morgan fingerprint density at radius 2 is 1.51 bits per heavy atom. The van der Waals surface area contributed by atoms with Crippen molar-refractivity contribution in [3.05, 3.63) is 48.0 Å². The van der Waals surface area contributed by atoms with Crippen molar-refractivity contribution in [1.29, 1.82) is 0 Å². The maximum absolute atomic E-state index is 13.1. The normalized spacial score (nSPS) is 14.0. The Kier molecular flexibility index (Phi) is 10.5. The van der Waals surface area contributed by atoms with Gasteiger partial charge in [-0.15, -0.1) is 0 Å². The first-order valence-electron chi connectivity index (χ1n) is 11.0. The van der Waals surface area contributed by atoms with Gasteiger partial charge in [0.05, 0.1) is 19.4 Å². The lowest BCUT2D eigenvalue weighted by Crippen LogP contribution is -2.58. The van der Waals surface area contributed by atoms with E-state index in [0.717, 1.165) is 0 Å². The van der Waals surface area contributed by atoms with Crippen LogP contribution in [0.4, 0.5) is 0 Å². The monoisotopic (exact) mass is 519 g/mol. The van der Waals surface area contributed by atoms with Crippen LogP contribution in [-0.2, 0) is 36.8 Å². The number of H-pyrrole nitrogens is 1. The number of aliphatic carboxylic acids is 1. The van der Waals surface area contributed by atoms with Crippen LogP contribution in [-0.4, -0.2) is 85.7 Å². The van der Waals surface area contributed by atoms with E-state index in [1.54, 1.807) is 0 Å². The number of aliphatic hydroxyl groups is 1. The van der Waals surface area contributed by atoms with E-state index in [0.29, 0.717) is 11.3 Å². The molecule has 0 radical (unpaired) electrons. The highest BCUT2D eigenvalue weighted by Crippen LogP contribution is 2.12. The molecular formula is C22H29N7O8. The van der Waals surface area contributed by atoms with Crippen molar-refractivity contribution in [2.45, 2.75) is 43.4 Å². The number of imidazole rings is 1. The number of amides is 4. The Balaban J connectivity index is 2.21. The van der Waals surface area contributed by atoms with Crippen molar-refractivity contribution < 1.29 is 39.3 Å². The highest BCUT2D eigenvalue weighted by Gasteiger charge is 2.31. The van der Waals surface area contributed by atoms with Crippen molar-refractivity contribution in [3.63, 3.8) is 0 Å². The Labute approximate surface area is 210 Å². The van der Waals surface area contributed by atoms with Gasteiger partial charge in [-0.2, -0.15) is 0 Å². The van der Waals surface area contributed by atoms with E-state index in [4.69, 9.17) is 16.6 Å². The number of carbonyl (C=O) groups excluding carboxylic acids is 4. The van der Waals surface area contributed by atoms with E-state index in [2.05, 4.69) is 25.9 Å². The molecule has 4 unspecified atom stereocenters. The molecule has 0 aliphatic rings. The number of aromatic amines is 1. The topological polar surface area (TPSA) is 263 Å². The summed E-state index contributed by atoms with van der Waals surface area (Å²) in [6.45, 7) is -0.695. The number of carboxylic acids is 1. The van der Waals surface area contributed by atoms with Gasteiger partial charge >= 0.3 is 5.97 Å². The third-order valence-corrected chi connectivity index (χ3v) is 5.17. The van der Waals surface area contributed by atoms with Gasteiger partial charge in [0.25, 0.3) is 0 Å². The minimum Gasteiger partial charge on any atom is -0.508 e. The Morgan fingerprint density at radius 3 is 2.05 bits per heavy atom. The molecule has 200 valence electrons. The Hall–Kier alpha value is -4.50. The summed E-state index contributed by atoms with van der Waals surface area (Å²) in [7, 11) is 0. The third kappa shape index (κ3) is 9.23. The van der Waals surface area contributed by atoms with Crippen molar-refractivity contribution in [2.24, 2.45) is 11.5 Å². The van der Waals surface area contributed by atoms with Crippen molar-refractivity contribution in [2.75, 3.05) is 6.61 Å². The molecule has 4 atom stereocenters. The second kappa shape index (κ2) is 13.6. The Morgan fingerprint density at radius 1 is 0.919 bits per heavy atom. The number of hydrogen-bond donors (Lipinski definition) is 9. The van der Waals surface area contributed by atoms with Crippen LogP contribution in [0.3, 0.4) is 0 Å². The number of aromatic hydroxyl groups is 1. The molecule has 1 aromatic carbocycles. The van der Waals surface area contributed by atoms with E-state index >= 15 is 0 Å². The highest BCUT2D eigenvalue weighted by atomic mass is 16.4. The number of benzene rings is 1. The predicted octanol–water partition coefficient (Wildman–Crippen LogP) is -3.37. The number of aliphatic hydroxyl groups excluding tert-OH is 1. The van der Waals surface area contributed by atoms with Gasteiger partial charge in [0.2, 0.25) is 23.6 Å². The lowest BCUT2D eigenvalue weighted by atomic mass is 10.0. The zero-order chi connectivity index (χ0) is 27.5. The van der Waals surface area contributed by atoms with Crippen LogP contribution in [0.15, 0.2) is 36.8 Å². The maximum atomic E-state index is 13.1. The molecule has 1 heterocycles. The van der Waals surface area contributed by atoms with Gasteiger partial charge in [-0.25, -0.2) is 9.78 Å². The number of phenolic OH excluding ortho intramolecular Hbond substituents is 1. The SMILES string of the molecule is NC(=O)CC(NC(=O)C(Cc1ccc(O)cc1)NC(=O)C(N)CO)C(=O)NC(Cc1cnc[nH]1)C(=O)O. The van der Waals surface area contributed by atoms with E-state index in [1.165, 1.54) is 36.8 Å². The first-order chi connectivity index (χ1) is 17.5. The molecule has 1 aromatic heterocycles. The number of primary amides is 1. The summed E-state index contributed by atoms with van der Waals surface area (Å²) in [6, 6.07) is 0.0652. The lowest BCUT2D eigenvalue weighted by molar-refractivity contribution is -0.142. The van der Waals surface area contributed by atoms with E-state index in [9.17, 15) is 34.2 Å². The lowest BCUT2D eigenvalue weighted by Gasteiger charge is -2.24. The largest absolute Gasteiger partial charge is 0.508 e. The van der Waals surface area contributed by atoms with Crippen molar-refractivity contribution in [3.8, 4) is 5.75 Å². The quantitative estimate of drug-likeness (QED) is 0.120. The molecule has 0 saturated carbocycles. The van der Waals surface area contributed by atoms with Crippen molar-refractivity contribution in [1.82, 2.24) is 25.9 Å². The van der Waals surface area contributed by atoms with Gasteiger partial charge in [0.1, 0.15) is 29.9 Å². The van der Waals surface area contributed by atoms with Crippen LogP contribution in [0.5, 0.6) is 5.75 Å². The summed E-state index contributed by atoms with van der Waals surface area (Å²) in [5.41, 5.74) is 11.7. The average molecular weight is 520 g/mol. The van der Waals surface area contributed by atoms with Crippen LogP contribution < -0.4 is 27.4 Å². The first-order valence-corrected chi connectivity index (χ1v) is 11.0. The minimum absolute atomic E-state index is 0.0302. The number of nitrogens with zero attached hydrogens (tertiary/aromatic N) is 1. The zero-order valence-corrected chi connectivity index (χ0v) is 19.6. The number of carboxylic acid groups (broad SMARTS) is 1. The van der Waals surface area contributed by atoms with Gasteiger partial charge in [0, 0.05) is 24.7 Å². The number of carbonyl (C=O) groups is 5. The maximum Gasteiger partial charge on any atom is 0.326 e. The van der Waals surface area contributed by atoms with Crippen LogP contribution in [0.25, 0.3) is 0 Å². The number of phenols is 1. The van der Waals surface area contributed by atoms with Gasteiger partial charge in [-0.05, 0) is 17.7 Å². The fraction of sp³-hybridized carbons (Fsp3) is 0.364. The first kappa shape index (κ1) is 28.7. The number of rotatable bonds is 14. The average Bonchev–Trinajstić information content (AvgIpc) is 3.36. The summed E-state index contributed by atoms with van der Waals surface area (Å²) >= 11 is 0. The molecular weight excluding hydrogens is 490 g/mol. The fourth-order valence-electron chi connectivity index (χ4n) is 3.21. The predicted molar refractivity (Wildman–Crippen MR) is 126 cm³/mol. The second-order valence-corrected chi connectivity index (χ2v) is 8.13. The van der Waals surface area contributed by atoms with Gasteiger partial charge in [-0.3, -0.25) is 19.2 Å². The standard InChI is InChI=1S/C22H29N7O8/c23-14(9-30)19(33)27-15(5-11-1-3-13(31)4-2-11)20(34)28-16(7-18(24)32)21(35)29-17(22(36)37)6-12-8-25-10-26-12/h1-4,8,10,14-17,30-31H,5-7,9,23H2,(H2,24,32)(H,25,26)(H,27,33)(H,28,34)(H,29,35)(H,36,37). The molecule has 15 nitrogen and oxygen atoms in total. The van der Waals surface area contributed by atoms with Crippen LogP contribution >= 0.6 is 0 Å². The van der Waals surface area contributed by atoms with Gasteiger partial charge in [0.15, 0.2) is 0 Å². The van der Waals surface area contributed by atoms with Crippen LogP contribution in [0, 0.1) is 0 Å². The number of nitrogens with one attached hydrogen (secondary N) is 4. The highest BCUT2D eigenvalue weighted by molar-refractivity contribution is 5.96. The number of nitrogens with two attached hydrogens (primary N) is 2. The molecule has 0 bridgehead atoms. The van der Waals surface area contributed by atoms with Gasteiger partial charge in [-0.1, -0.05) is 12.1 Å². The van der Waals surface area contributed by atoms with E-state index < -0.39 is 66.8 Å².